The Balaban J connectivity index is 1.34. The Bertz CT molecular complexity index is 977. The SMILES string of the molecule is CCOc1nc2ccc(OC3CC(c4cc([C@H](C)NC(C)=O)on4)C3)cc2s1. The van der Waals surface area contributed by atoms with E-state index in [1.807, 2.05) is 38.1 Å². The zero-order valence-corrected chi connectivity index (χ0v) is 16.9. The molecule has 0 radical (unpaired) electrons. The minimum atomic E-state index is -0.182. The topological polar surface area (TPSA) is 86.5 Å². The van der Waals surface area contributed by atoms with E-state index in [9.17, 15) is 4.79 Å². The van der Waals surface area contributed by atoms with Crippen LogP contribution >= 0.6 is 11.3 Å². The molecule has 28 heavy (non-hydrogen) atoms. The molecule has 1 saturated carbocycles. The maximum Gasteiger partial charge on any atom is 0.274 e. The van der Waals surface area contributed by atoms with Crippen LogP contribution < -0.4 is 14.8 Å². The van der Waals surface area contributed by atoms with Crippen molar-refractivity contribution in [2.75, 3.05) is 6.61 Å². The second-order valence-electron chi connectivity index (χ2n) is 7.03. The van der Waals surface area contributed by atoms with Crippen molar-refractivity contribution in [2.45, 2.75) is 51.7 Å². The van der Waals surface area contributed by atoms with Crippen LogP contribution in [0.4, 0.5) is 0 Å². The highest BCUT2D eigenvalue weighted by Crippen LogP contribution is 2.40. The molecule has 0 unspecified atom stereocenters. The van der Waals surface area contributed by atoms with E-state index in [0.29, 0.717) is 23.5 Å². The van der Waals surface area contributed by atoms with E-state index in [1.54, 1.807) is 0 Å². The molecule has 1 N–H and O–H groups in total. The first-order valence-electron chi connectivity index (χ1n) is 9.45. The summed E-state index contributed by atoms with van der Waals surface area (Å²) in [5.74, 6) is 1.76. The highest BCUT2D eigenvalue weighted by atomic mass is 32.1. The lowest BCUT2D eigenvalue weighted by atomic mass is 9.80. The molecule has 0 aliphatic heterocycles. The Morgan fingerprint density at radius 3 is 2.96 bits per heavy atom. The van der Waals surface area contributed by atoms with Crippen LogP contribution in [0.2, 0.25) is 0 Å². The Hall–Kier alpha value is -2.61. The molecule has 8 heteroatoms. The molecule has 1 aliphatic rings. The summed E-state index contributed by atoms with van der Waals surface area (Å²) in [6.45, 7) is 5.93. The molecular formula is C20H23N3O4S. The van der Waals surface area contributed by atoms with Gasteiger partial charge in [-0.2, -0.15) is 0 Å². The van der Waals surface area contributed by atoms with Gasteiger partial charge in [-0.15, -0.1) is 0 Å². The standard InChI is InChI=1S/C20H23N3O4S/c1-4-25-20-22-16-6-5-14(9-19(16)28-20)26-15-7-13(8-15)17-10-18(27-23-17)11(2)21-12(3)24/h5-6,9-11,13,15H,4,7-8H2,1-3H3,(H,21,24)/t11-,13?,15?/m0/s1. The fourth-order valence-electron chi connectivity index (χ4n) is 3.31. The van der Waals surface area contributed by atoms with Crippen LogP contribution in [0, 0.1) is 0 Å². The summed E-state index contributed by atoms with van der Waals surface area (Å²) in [6.07, 6.45) is 1.95. The number of fused-ring (bicyclic) bond motifs is 1. The summed E-state index contributed by atoms with van der Waals surface area (Å²) >= 11 is 1.53. The summed E-state index contributed by atoms with van der Waals surface area (Å²) < 4.78 is 18.0. The number of carbonyl (C=O) groups excluding carboxylic acids is 1. The zero-order chi connectivity index (χ0) is 19.7. The first-order chi connectivity index (χ1) is 13.5. The van der Waals surface area contributed by atoms with E-state index >= 15 is 0 Å². The van der Waals surface area contributed by atoms with Gasteiger partial charge in [-0.05, 0) is 44.9 Å². The highest BCUT2D eigenvalue weighted by molar-refractivity contribution is 7.20. The molecule has 0 spiro atoms. The van der Waals surface area contributed by atoms with E-state index in [2.05, 4.69) is 15.5 Å². The first-order valence-corrected chi connectivity index (χ1v) is 10.3. The van der Waals surface area contributed by atoms with Crippen molar-refractivity contribution >= 4 is 27.5 Å². The number of nitrogens with zero attached hydrogens (tertiary/aromatic N) is 2. The molecule has 0 saturated heterocycles. The van der Waals surface area contributed by atoms with Gasteiger partial charge in [0.1, 0.15) is 5.75 Å². The Morgan fingerprint density at radius 1 is 1.39 bits per heavy atom. The molecule has 1 atom stereocenters. The van der Waals surface area contributed by atoms with Gasteiger partial charge in [-0.3, -0.25) is 4.79 Å². The largest absolute Gasteiger partial charge is 0.490 e. The molecule has 1 amide bonds. The van der Waals surface area contributed by atoms with E-state index in [4.69, 9.17) is 14.0 Å². The lowest BCUT2D eigenvalue weighted by Crippen LogP contribution is -2.32. The van der Waals surface area contributed by atoms with E-state index in [-0.39, 0.29) is 18.1 Å². The van der Waals surface area contributed by atoms with Gasteiger partial charge in [0.25, 0.3) is 5.19 Å². The van der Waals surface area contributed by atoms with Crippen LogP contribution in [0.3, 0.4) is 0 Å². The van der Waals surface area contributed by atoms with Gasteiger partial charge >= 0.3 is 0 Å². The average Bonchev–Trinajstić information content (AvgIpc) is 3.23. The maximum absolute atomic E-state index is 11.2. The molecule has 0 bridgehead atoms. The van der Waals surface area contributed by atoms with Crippen molar-refractivity contribution in [3.05, 3.63) is 35.7 Å². The summed E-state index contributed by atoms with van der Waals surface area (Å²) in [6, 6.07) is 7.69. The minimum Gasteiger partial charge on any atom is -0.490 e. The van der Waals surface area contributed by atoms with Crippen LogP contribution in [-0.2, 0) is 4.79 Å². The number of rotatable bonds is 7. The molecule has 4 rings (SSSR count). The summed E-state index contributed by atoms with van der Waals surface area (Å²) in [5.41, 5.74) is 1.85. The number of nitrogens with one attached hydrogen (secondary N) is 1. The van der Waals surface area contributed by atoms with Gasteiger partial charge in [0.05, 0.1) is 34.7 Å². The highest BCUT2D eigenvalue weighted by Gasteiger charge is 2.34. The summed E-state index contributed by atoms with van der Waals surface area (Å²) in [5, 5.41) is 7.66. The molecule has 2 heterocycles. The maximum atomic E-state index is 11.2. The number of hydrogen-bond donors (Lipinski definition) is 1. The van der Waals surface area contributed by atoms with Gasteiger partial charge in [0.15, 0.2) is 5.76 Å². The van der Waals surface area contributed by atoms with Crippen molar-refractivity contribution in [2.24, 2.45) is 0 Å². The van der Waals surface area contributed by atoms with Crippen LogP contribution in [-0.4, -0.2) is 28.8 Å². The normalized spacial score (nSPS) is 19.8. The summed E-state index contributed by atoms with van der Waals surface area (Å²) in [7, 11) is 0. The minimum absolute atomic E-state index is 0.0890. The van der Waals surface area contributed by atoms with Gasteiger partial charge in [0, 0.05) is 18.9 Å². The number of thiazole rings is 1. The van der Waals surface area contributed by atoms with Gasteiger partial charge in [0.2, 0.25) is 5.91 Å². The van der Waals surface area contributed by atoms with Crippen LogP contribution in [0.15, 0.2) is 28.8 Å². The second kappa shape index (κ2) is 7.79. The second-order valence-corrected chi connectivity index (χ2v) is 8.02. The molecule has 1 fully saturated rings. The van der Waals surface area contributed by atoms with Crippen LogP contribution in [0.1, 0.15) is 57.0 Å². The molecule has 148 valence electrons. The number of carbonyl (C=O) groups is 1. The van der Waals surface area contributed by atoms with Crippen molar-refractivity contribution < 1.29 is 18.8 Å². The molecular weight excluding hydrogens is 378 g/mol. The predicted octanol–water partition coefficient (Wildman–Crippen LogP) is 4.21. The van der Waals surface area contributed by atoms with E-state index in [1.165, 1.54) is 18.3 Å². The van der Waals surface area contributed by atoms with Gasteiger partial charge in [-0.25, -0.2) is 4.98 Å². The first kappa shape index (κ1) is 18.7. The third kappa shape index (κ3) is 3.96. The van der Waals surface area contributed by atoms with Crippen LogP contribution in [0.25, 0.3) is 10.2 Å². The molecule has 1 aliphatic carbocycles. The summed E-state index contributed by atoms with van der Waals surface area (Å²) in [4.78, 5) is 15.6. The van der Waals surface area contributed by atoms with Crippen LogP contribution in [0.5, 0.6) is 10.9 Å². The van der Waals surface area contributed by atoms with Gasteiger partial charge < -0.3 is 19.3 Å². The fourth-order valence-corrected chi connectivity index (χ4v) is 4.22. The van der Waals surface area contributed by atoms with Crippen molar-refractivity contribution in [1.29, 1.82) is 0 Å². The third-order valence-electron chi connectivity index (χ3n) is 4.82. The van der Waals surface area contributed by atoms with Crippen molar-refractivity contribution in [3.8, 4) is 10.9 Å². The average molecular weight is 401 g/mol. The quantitative estimate of drug-likeness (QED) is 0.638. The number of ether oxygens (including phenoxy) is 2. The molecule has 7 nitrogen and oxygen atoms in total. The number of hydrogen-bond acceptors (Lipinski definition) is 7. The van der Waals surface area contributed by atoms with Crippen molar-refractivity contribution in [3.63, 3.8) is 0 Å². The monoisotopic (exact) mass is 401 g/mol. The van der Waals surface area contributed by atoms with Gasteiger partial charge in [-0.1, -0.05) is 16.5 Å². The smallest absolute Gasteiger partial charge is 0.274 e. The Labute approximate surface area is 167 Å². The Kier molecular flexibility index (Phi) is 5.21. The predicted molar refractivity (Wildman–Crippen MR) is 106 cm³/mol. The number of amides is 1. The zero-order valence-electron chi connectivity index (χ0n) is 16.1. The number of aromatic nitrogens is 2. The Morgan fingerprint density at radius 2 is 2.21 bits per heavy atom. The van der Waals surface area contributed by atoms with E-state index in [0.717, 1.165) is 34.5 Å². The van der Waals surface area contributed by atoms with E-state index < -0.39 is 0 Å². The lowest BCUT2D eigenvalue weighted by molar-refractivity contribution is -0.119. The molecule has 1 aromatic carbocycles. The molecule has 3 aromatic rings. The fraction of sp³-hybridized carbons (Fsp3) is 0.450. The van der Waals surface area contributed by atoms with Crippen molar-refractivity contribution in [1.82, 2.24) is 15.5 Å². The molecule has 2 aromatic heterocycles. The lowest BCUT2D eigenvalue weighted by Gasteiger charge is -2.34. The number of benzene rings is 1. The third-order valence-corrected chi connectivity index (χ3v) is 5.75.